The highest BCUT2D eigenvalue weighted by atomic mass is 35.5. The van der Waals surface area contributed by atoms with E-state index in [9.17, 15) is 13.2 Å². The lowest BCUT2D eigenvalue weighted by atomic mass is 10.1. The quantitative estimate of drug-likeness (QED) is 0.481. The number of halogens is 1. The minimum atomic E-state index is -3.99. The van der Waals surface area contributed by atoms with Crippen molar-refractivity contribution in [1.82, 2.24) is 5.32 Å². The van der Waals surface area contributed by atoms with Crippen molar-refractivity contribution in [3.05, 3.63) is 83.4 Å². The zero-order chi connectivity index (χ0) is 24.0. The van der Waals surface area contributed by atoms with Crippen LogP contribution in [-0.2, 0) is 14.8 Å². The van der Waals surface area contributed by atoms with Gasteiger partial charge < -0.3 is 14.8 Å². The van der Waals surface area contributed by atoms with Gasteiger partial charge in [0.25, 0.3) is 10.0 Å². The van der Waals surface area contributed by atoms with Crippen LogP contribution in [0.2, 0.25) is 5.02 Å². The summed E-state index contributed by atoms with van der Waals surface area (Å²) in [7, 11) is -0.915. The topological polar surface area (TPSA) is 84.9 Å². The lowest BCUT2D eigenvalue weighted by Crippen LogP contribution is -2.41. The molecule has 174 valence electrons. The lowest BCUT2D eigenvalue weighted by molar-refractivity contribution is -0.120. The molecule has 0 spiro atoms. The number of nitrogens with one attached hydrogen (secondary N) is 1. The van der Waals surface area contributed by atoms with Gasteiger partial charge in [0.1, 0.15) is 6.54 Å². The fourth-order valence-corrected chi connectivity index (χ4v) is 4.83. The highest BCUT2D eigenvalue weighted by Crippen LogP contribution is 2.30. The van der Waals surface area contributed by atoms with E-state index in [1.165, 1.54) is 19.2 Å². The van der Waals surface area contributed by atoms with Crippen LogP contribution in [0, 0.1) is 0 Å². The van der Waals surface area contributed by atoms with E-state index in [0.717, 1.165) is 9.87 Å². The van der Waals surface area contributed by atoms with Crippen molar-refractivity contribution in [2.24, 2.45) is 0 Å². The van der Waals surface area contributed by atoms with Crippen LogP contribution in [0.15, 0.2) is 77.7 Å². The van der Waals surface area contributed by atoms with Gasteiger partial charge in [-0.2, -0.15) is 0 Å². The summed E-state index contributed by atoms with van der Waals surface area (Å²) in [5.74, 6) is 0.639. The maximum atomic E-state index is 13.3. The molecule has 1 unspecified atom stereocenters. The Morgan fingerprint density at radius 2 is 1.61 bits per heavy atom. The van der Waals surface area contributed by atoms with Crippen molar-refractivity contribution in [3.8, 4) is 11.5 Å². The number of hydrogen-bond acceptors (Lipinski definition) is 5. The molecule has 0 bridgehead atoms. The number of amides is 1. The van der Waals surface area contributed by atoms with Crippen molar-refractivity contribution < 1.29 is 22.7 Å². The van der Waals surface area contributed by atoms with E-state index in [0.29, 0.717) is 22.2 Å². The van der Waals surface area contributed by atoms with Gasteiger partial charge in [0, 0.05) is 5.02 Å². The molecule has 0 saturated carbocycles. The van der Waals surface area contributed by atoms with Gasteiger partial charge in [-0.15, -0.1) is 0 Å². The number of methoxy groups -OCH3 is 2. The number of ether oxygens (including phenoxy) is 2. The van der Waals surface area contributed by atoms with Crippen LogP contribution in [0.3, 0.4) is 0 Å². The Labute approximate surface area is 198 Å². The van der Waals surface area contributed by atoms with Crippen molar-refractivity contribution in [2.45, 2.75) is 17.9 Å². The molecule has 0 aliphatic heterocycles. The van der Waals surface area contributed by atoms with E-state index >= 15 is 0 Å². The van der Waals surface area contributed by atoms with E-state index in [4.69, 9.17) is 21.1 Å². The molecule has 0 fully saturated rings. The maximum absolute atomic E-state index is 13.3. The molecule has 1 amide bonds. The standard InChI is InChI=1S/C24H25ClN2O5S/c1-17(18-9-14-22(31-2)23(15-18)32-3)26-24(28)16-27(20-12-10-19(25)11-13-20)33(29,30)21-7-5-4-6-8-21/h4-15,17H,16H2,1-3H3,(H,26,28). The van der Waals surface area contributed by atoms with Gasteiger partial charge in [-0.1, -0.05) is 35.9 Å². The van der Waals surface area contributed by atoms with E-state index < -0.39 is 28.5 Å². The number of sulfonamides is 1. The number of rotatable bonds is 9. The number of anilines is 1. The molecule has 3 aromatic rings. The number of benzene rings is 3. The minimum absolute atomic E-state index is 0.0840. The van der Waals surface area contributed by atoms with Gasteiger partial charge in [0.05, 0.1) is 30.8 Å². The average molecular weight is 489 g/mol. The lowest BCUT2D eigenvalue weighted by Gasteiger charge is -2.25. The molecule has 0 heterocycles. The first-order valence-electron chi connectivity index (χ1n) is 10.1. The zero-order valence-corrected chi connectivity index (χ0v) is 20.1. The fraction of sp³-hybridized carbons (Fsp3) is 0.208. The number of nitrogens with zero attached hydrogens (tertiary/aromatic N) is 1. The molecular formula is C24H25ClN2O5S. The summed E-state index contributed by atoms with van der Waals surface area (Å²) in [4.78, 5) is 13.0. The van der Waals surface area contributed by atoms with Crippen LogP contribution in [0.25, 0.3) is 0 Å². The largest absolute Gasteiger partial charge is 0.493 e. The Balaban J connectivity index is 1.85. The van der Waals surface area contributed by atoms with Crippen molar-refractivity contribution in [3.63, 3.8) is 0 Å². The second-order valence-electron chi connectivity index (χ2n) is 7.20. The van der Waals surface area contributed by atoms with E-state index in [1.807, 2.05) is 6.07 Å². The smallest absolute Gasteiger partial charge is 0.264 e. The van der Waals surface area contributed by atoms with Gasteiger partial charge >= 0.3 is 0 Å². The van der Waals surface area contributed by atoms with Crippen LogP contribution in [0.4, 0.5) is 5.69 Å². The first kappa shape index (κ1) is 24.4. The van der Waals surface area contributed by atoms with Gasteiger partial charge in [-0.3, -0.25) is 9.10 Å². The van der Waals surface area contributed by atoms with Gasteiger partial charge in [-0.05, 0) is 61.0 Å². The van der Waals surface area contributed by atoms with Crippen molar-refractivity contribution in [2.75, 3.05) is 25.1 Å². The highest BCUT2D eigenvalue weighted by Gasteiger charge is 2.27. The molecule has 3 rings (SSSR count). The van der Waals surface area contributed by atoms with Crippen LogP contribution in [0.1, 0.15) is 18.5 Å². The summed E-state index contributed by atoms with van der Waals surface area (Å²) >= 11 is 5.97. The Kier molecular flexibility index (Phi) is 7.84. The zero-order valence-electron chi connectivity index (χ0n) is 18.5. The monoisotopic (exact) mass is 488 g/mol. The molecule has 9 heteroatoms. The normalized spacial score (nSPS) is 12.0. The molecular weight excluding hydrogens is 464 g/mol. The second kappa shape index (κ2) is 10.6. The third-order valence-corrected chi connectivity index (χ3v) is 7.06. The predicted molar refractivity (Wildman–Crippen MR) is 129 cm³/mol. The molecule has 0 aromatic heterocycles. The van der Waals surface area contributed by atoms with Gasteiger partial charge in [0.15, 0.2) is 11.5 Å². The van der Waals surface area contributed by atoms with Crippen LogP contribution in [0.5, 0.6) is 11.5 Å². The fourth-order valence-electron chi connectivity index (χ4n) is 3.27. The van der Waals surface area contributed by atoms with E-state index in [2.05, 4.69) is 5.32 Å². The van der Waals surface area contributed by atoms with Crippen molar-refractivity contribution >= 4 is 33.2 Å². The third-order valence-electron chi connectivity index (χ3n) is 5.02. The first-order chi connectivity index (χ1) is 15.8. The Morgan fingerprint density at radius 3 is 2.21 bits per heavy atom. The van der Waals surface area contributed by atoms with Crippen LogP contribution >= 0.6 is 11.6 Å². The SMILES string of the molecule is COc1ccc(C(C)NC(=O)CN(c2ccc(Cl)cc2)S(=O)(=O)c2ccccc2)cc1OC. The molecule has 0 saturated heterocycles. The average Bonchev–Trinajstić information content (AvgIpc) is 2.83. The van der Waals surface area contributed by atoms with Gasteiger partial charge in [-0.25, -0.2) is 8.42 Å². The molecule has 0 radical (unpaired) electrons. The second-order valence-corrected chi connectivity index (χ2v) is 9.50. The highest BCUT2D eigenvalue weighted by molar-refractivity contribution is 7.92. The molecule has 0 aliphatic rings. The predicted octanol–water partition coefficient (Wildman–Crippen LogP) is 4.43. The first-order valence-corrected chi connectivity index (χ1v) is 11.9. The van der Waals surface area contributed by atoms with Crippen LogP contribution < -0.4 is 19.1 Å². The maximum Gasteiger partial charge on any atom is 0.264 e. The molecule has 33 heavy (non-hydrogen) atoms. The van der Waals surface area contributed by atoms with Crippen LogP contribution in [-0.4, -0.2) is 35.1 Å². The van der Waals surface area contributed by atoms with Gasteiger partial charge in [0.2, 0.25) is 5.91 Å². The summed E-state index contributed by atoms with van der Waals surface area (Å²) in [6.07, 6.45) is 0. The Hall–Kier alpha value is -3.23. The Bertz CT molecular complexity index is 1200. The van der Waals surface area contributed by atoms with E-state index in [1.54, 1.807) is 68.6 Å². The molecule has 3 aromatic carbocycles. The number of carbonyl (C=O) groups excluding carboxylic acids is 1. The molecule has 0 aliphatic carbocycles. The molecule has 1 N–H and O–H groups in total. The number of hydrogen-bond donors (Lipinski definition) is 1. The molecule has 1 atom stereocenters. The summed E-state index contributed by atoms with van der Waals surface area (Å²) < 4.78 is 38.3. The summed E-state index contributed by atoms with van der Waals surface area (Å²) in [6, 6.07) is 19.2. The summed E-state index contributed by atoms with van der Waals surface area (Å²) in [5.41, 5.74) is 1.11. The summed E-state index contributed by atoms with van der Waals surface area (Å²) in [6.45, 7) is 1.40. The number of carbonyl (C=O) groups is 1. The third kappa shape index (κ3) is 5.77. The molecule has 7 nitrogen and oxygen atoms in total. The van der Waals surface area contributed by atoms with Crippen molar-refractivity contribution in [1.29, 1.82) is 0 Å². The van der Waals surface area contributed by atoms with E-state index in [-0.39, 0.29) is 4.90 Å². The summed E-state index contributed by atoms with van der Waals surface area (Å²) in [5, 5.41) is 3.31. The Morgan fingerprint density at radius 1 is 0.970 bits per heavy atom. The minimum Gasteiger partial charge on any atom is -0.493 e.